The first-order valence-corrected chi connectivity index (χ1v) is 7.45. The van der Waals surface area contributed by atoms with Crippen LogP contribution in [-0.4, -0.2) is 26.3 Å². The Morgan fingerprint density at radius 2 is 1.42 bits per heavy atom. The van der Waals surface area contributed by atoms with Crippen LogP contribution in [0, 0.1) is 0 Å². The van der Waals surface area contributed by atoms with Crippen molar-refractivity contribution in [3.05, 3.63) is 5.43 Å². The second-order valence-electron chi connectivity index (χ2n) is 5.16. The number of nitrogens with one attached hydrogen (secondary N) is 1. The van der Waals surface area contributed by atoms with Crippen LogP contribution in [0.15, 0.2) is 5.10 Å². The molecule has 0 saturated heterocycles. The van der Waals surface area contributed by atoms with Crippen LogP contribution in [0.5, 0.6) is 0 Å². The minimum atomic E-state index is 0.318. The average molecular weight is 263 g/mol. The zero-order chi connectivity index (χ0) is 13.2. The molecule has 0 bridgehead atoms. The van der Waals surface area contributed by atoms with E-state index in [0.717, 1.165) is 12.8 Å². The van der Waals surface area contributed by atoms with E-state index in [1.54, 1.807) is 0 Å². The molecule has 2 rings (SSSR count). The van der Waals surface area contributed by atoms with Gasteiger partial charge < -0.3 is 0 Å². The molecule has 0 aliphatic heterocycles. The van der Waals surface area contributed by atoms with Gasteiger partial charge in [0, 0.05) is 5.71 Å². The zero-order valence-electron chi connectivity index (χ0n) is 11.5. The predicted molar refractivity (Wildman–Crippen MR) is 75.4 cm³/mol. The van der Waals surface area contributed by atoms with Gasteiger partial charge in [-0.15, -0.1) is 5.21 Å². The Morgan fingerprint density at radius 1 is 0.842 bits per heavy atom. The van der Waals surface area contributed by atoms with E-state index in [1.165, 1.54) is 63.5 Å². The monoisotopic (exact) mass is 263 g/mol. The molecular weight excluding hydrogens is 240 g/mol. The van der Waals surface area contributed by atoms with Crippen LogP contribution in [0.1, 0.15) is 70.6 Å². The quantitative estimate of drug-likeness (QED) is 0.822. The van der Waals surface area contributed by atoms with Crippen molar-refractivity contribution in [1.29, 1.82) is 0 Å². The molecule has 0 radical (unpaired) electrons. The van der Waals surface area contributed by atoms with Crippen LogP contribution in [-0.2, 0) is 0 Å². The molecule has 0 amide bonds. The van der Waals surface area contributed by atoms with Crippen molar-refractivity contribution in [3.63, 3.8) is 0 Å². The van der Waals surface area contributed by atoms with Crippen LogP contribution in [0.3, 0.4) is 0 Å². The maximum absolute atomic E-state index is 4.31. The molecule has 6 nitrogen and oxygen atoms in total. The maximum atomic E-state index is 4.31. The van der Waals surface area contributed by atoms with Gasteiger partial charge in [0.2, 0.25) is 0 Å². The first-order chi connectivity index (χ1) is 9.45. The maximum Gasteiger partial charge on any atom is 0.0830 e. The SMILES string of the molecule is C1CCCCCC(=N[N-]c2nn[nH]n2)CCCCC1. The number of H-pyrrole nitrogens is 1. The Hall–Kier alpha value is -1.46. The number of tetrazole rings is 1. The van der Waals surface area contributed by atoms with Crippen LogP contribution in [0.4, 0.5) is 5.95 Å². The summed E-state index contributed by atoms with van der Waals surface area (Å²) in [5.41, 5.74) is 5.22. The molecule has 0 spiro atoms. The molecule has 6 heteroatoms. The summed E-state index contributed by atoms with van der Waals surface area (Å²) < 4.78 is 0. The van der Waals surface area contributed by atoms with E-state index < -0.39 is 0 Å². The second kappa shape index (κ2) is 8.61. The zero-order valence-corrected chi connectivity index (χ0v) is 11.5. The van der Waals surface area contributed by atoms with E-state index in [9.17, 15) is 0 Å². The van der Waals surface area contributed by atoms with Gasteiger partial charge in [0.05, 0.1) is 5.95 Å². The molecule has 1 aliphatic rings. The first kappa shape index (κ1) is 14.0. The molecule has 19 heavy (non-hydrogen) atoms. The fourth-order valence-corrected chi connectivity index (χ4v) is 2.43. The minimum Gasteiger partial charge on any atom is -0.277 e. The molecule has 0 aromatic carbocycles. The third kappa shape index (κ3) is 5.81. The first-order valence-electron chi connectivity index (χ1n) is 7.45. The van der Waals surface area contributed by atoms with E-state index in [2.05, 4.69) is 31.2 Å². The third-order valence-electron chi connectivity index (χ3n) is 3.55. The highest BCUT2D eigenvalue weighted by Gasteiger charge is 2.02. The number of hydrogen-bond donors (Lipinski definition) is 1. The highest BCUT2D eigenvalue weighted by Crippen LogP contribution is 2.17. The van der Waals surface area contributed by atoms with Crippen LogP contribution < -0.4 is 0 Å². The molecular formula is C13H23N6-. The van der Waals surface area contributed by atoms with Gasteiger partial charge in [0.25, 0.3) is 0 Å². The highest BCUT2D eigenvalue weighted by molar-refractivity contribution is 5.85. The second-order valence-corrected chi connectivity index (χ2v) is 5.16. The van der Waals surface area contributed by atoms with E-state index in [1.807, 2.05) is 0 Å². The van der Waals surface area contributed by atoms with Crippen molar-refractivity contribution in [2.75, 3.05) is 0 Å². The van der Waals surface area contributed by atoms with Gasteiger partial charge in [0.1, 0.15) is 0 Å². The Kier molecular flexibility index (Phi) is 6.33. The van der Waals surface area contributed by atoms with Gasteiger partial charge in [-0.25, -0.2) is 5.10 Å². The summed E-state index contributed by atoms with van der Waals surface area (Å²) in [6.07, 6.45) is 14.1. The summed E-state index contributed by atoms with van der Waals surface area (Å²) in [6.45, 7) is 0. The normalized spacial score (nSPS) is 19.3. The standard InChI is InChI=1S/C13H23N6/c1-2-4-6-8-10-12(11-9-7-5-3-1)14-15-13-16-18-19-17-13/h1-11H2,(H-,15,16,17,18,19)/q-1. The van der Waals surface area contributed by atoms with Crippen molar-refractivity contribution < 1.29 is 0 Å². The number of hydrogen-bond acceptors (Lipinski definition) is 4. The summed E-state index contributed by atoms with van der Waals surface area (Å²) in [5.74, 6) is 0.318. The van der Waals surface area contributed by atoms with Gasteiger partial charge in [-0.1, -0.05) is 44.9 Å². The number of nitrogens with zero attached hydrogens (tertiary/aromatic N) is 5. The molecule has 1 aromatic rings. The van der Waals surface area contributed by atoms with Gasteiger partial charge in [-0.05, 0) is 25.7 Å². The lowest BCUT2D eigenvalue weighted by molar-refractivity contribution is 0.556. The lowest BCUT2D eigenvalue weighted by atomic mass is 10.00. The highest BCUT2D eigenvalue weighted by atomic mass is 15.5. The predicted octanol–water partition coefficient (Wildman–Crippen LogP) is 3.87. The van der Waals surface area contributed by atoms with Crippen molar-refractivity contribution in [2.24, 2.45) is 5.10 Å². The Balaban J connectivity index is 1.81. The number of aromatic nitrogens is 4. The molecule has 0 atom stereocenters. The largest absolute Gasteiger partial charge is 0.277 e. The molecule has 106 valence electrons. The summed E-state index contributed by atoms with van der Waals surface area (Å²) in [7, 11) is 0. The Morgan fingerprint density at radius 3 is 1.95 bits per heavy atom. The summed E-state index contributed by atoms with van der Waals surface area (Å²) in [4.78, 5) is 0. The fourth-order valence-electron chi connectivity index (χ4n) is 2.43. The molecule has 1 aliphatic carbocycles. The molecule has 1 heterocycles. The van der Waals surface area contributed by atoms with Crippen molar-refractivity contribution in [2.45, 2.75) is 70.6 Å². The minimum absolute atomic E-state index is 0.318. The fraction of sp³-hybridized carbons (Fsp3) is 0.846. The van der Waals surface area contributed by atoms with Gasteiger partial charge in [-0.2, -0.15) is 0 Å². The molecule has 1 N–H and O–H groups in total. The Bertz CT molecular complexity index is 345. The lowest BCUT2D eigenvalue weighted by Gasteiger charge is -2.10. The van der Waals surface area contributed by atoms with Crippen LogP contribution in [0.2, 0.25) is 0 Å². The van der Waals surface area contributed by atoms with Gasteiger partial charge >= 0.3 is 0 Å². The van der Waals surface area contributed by atoms with E-state index >= 15 is 0 Å². The Labute approximate surface area is 114 Å². The lowest BCUT2D eigenvalue weighted by Crippen LogP contribution is -1.99. The summed E-state index contributed by atoms with van der Waals surface area (Å²) in [6, 6.07) is 0. The van der Waals surface area contributed by atoms with Crippen LogP contribution in [0.25, 0.3) is 5.43 Å². The summed E-state index contributed by atoms with van der Waals surface area (Å²) in [5, 5.41) is 17.7. The smallest absolute Gasteiger partial charge is 0.0830 e. The van der Waals surface area contributed by atoms with Gasteiger partial charge in [-0.3, -0.25) is 20.8 Å². The van der Waals surface area contributed by atoms with E-state index in [4.69, 9.17) is 0 Å². The molecule has 1 saturated carbocycles. The number of aromatic amines is 1. The van der Waals surface area contributed by atoms with E-state index in [-0.39, 0.29) is 0 Å². The third-order valence-corrected chi connectivity index (χ3v) is 3.55. The van der Waals surface area contributed by atoms with E-state index in [0.29, 0.717) is 5.95 Å². The van der Waals surface area contributed by atoms with Crippen molar-refractivity contribution in [3.8, 4) is 0 Å². The summed E-state index contributed by atoms with van der Waals surface area (Å²) >= 11 is 0. The van der Waals surface area contributed by atoms with Gasteiger partial charge in [0.15, 0.2) is 0 Å². The molecule has 1 fully saturated rings. The molecule has 0 unspecified atom stereocenters. The van der Waals surface area contributed by atoms with Crippen molar-refractivity contribution >= 4 is 11.7 Å². The molecule has 1 aromatic heterocycles. The average Bonchev–Trinajstić information content (AvgIpc) is 2.91. The van der Waals surface area contributed by atoms with Crippen molar-refractivity contribution in [1.82, 2.24) is 20.6 Å². The topological polar surface area (TPSA) is 80.9 Å². The number of rotatable bonds is 2. The van der Waals surface area contributed by atoms with Crippen LogP contribution >= 0.6 is 0 Å².